The third-order valence-electron chi connectivity index (χ3n) is 6.96. The van der Waals surface area contributed by atoms with Crippen LogP contribution in [0.5, 0.6) is 5.75 Å². The van der Waals surface area contributed by atoms with E-state index in [0.717, 1.165) is 44.2 Å². The first kappa shape index (κ1) is 29.6. The lowest BCUT2D eigenvalue weighted by Crippen LogP contribution is -2.43. The maximum absolute atomic E-state index is 13.6. The van der Waals surface area contributed by atoms with E-state index in [-0.39, 0.29) is 23.2 Å². The van der Waals surface area contributed by atoms with Crippen molar-refractivity contribution >= 4 is 32.1 Å². The zero-order valence-electron chi connectivity index (χ0n) is 22.9. The van der Waals surface area contributed by atoms with Gasteiger partial charge in [0.25, 0.3) is 0 Å². The van der Waals surface area contributed by atoms with Crippen molar-refractivity contribution < 1.29 is 26.3 Å². The Balaban J connectivity index is 1.59. The van der Waals surface area contributed by atoms with Crippen LogP contribution in [0.15, 0.2) is 47.4 Å². The molecule has 3 aromatic rings. The smallest absolute Gasteiger partial charge is 0.406 e. The van der Waals surface area contributed by atoms with Gasteiger partial charge in [-0.3, -0.25) is 0 Å². The van der Waals surface area contributed by atoms with Crippen molar-refractivity contribution in [1.29, 1.82) is 0 Å². The van der Waals surface area contributed by atoms with Gasteiger partial charge in [-0.1, -0.05) is 25.3 Å². The molecular formula is C29H35F3N4O3S. The summed E-state index contributed by atoms with van der Waals surface area (Å²) in [6, 6.07) is 12.2. The number of rotatable bonds is 9. The minimum absolute atomic E-state index is 0.112. The fourth-order valence-electron chi connectivity index (χ4n) is 5.11. The van der Waals surface area contributed by atoms with E-state index in [1.165, 1.54) is 23.8 Å². The zero-order valence-corrected chi connectivity index (χ0v) is 23.7. The van der Waals surface area contributed by atoms with Gasteiger partial charge in [0, 0.05) is 35.5 Å². The average molecular weight is 577 g/mol. The van der Waals surface area contributed by atoms with Crippen molar-refractivity contribution in [3.05, 3.63) is 48.2 Å². The van der Waals surface area contributed by atoms with E-state index in [2.05, 4.69) is 34.7 Å². The molecule has 0 saturated carbocycles. The van der Waals surface area contributed by atoms with Crippen molar-refractivity contribution in [2.75, 3.05) is 37.1 Å². The summed E-state index contributed by atoms with van der Waals surface area (Å²) in [6.07, 6.45) is 0.771. The highest BCUT2D eigenvalue weighted by molar-refractivity contribution is 7.90. The topological polar surface area (TPSA) is 84.4 Å². The molecule has 216 valence electrons. The highest BCUT2D eigenvalue weighted by Gasteiger charge is 2.30. The summed E-state index contributed by atoms with van der Waals surface area (Å²) >= 11 is 0. The maximum atomic E-state index is 13.6. The molecule has 2 aromatic carbocycles. The van der Waals surface area contributed by atoms with Gasteiger partial charge in [0.05, 0.1) is 35.4 Å². The van der Waals surface area contributed by atoms with Crippen molar-refractivity contribution in [2.24, 2.45) is 0 Å². The molecule has 2 atom stereocenters. The molecule has 0 radical (unpaired) electrons. The number of nitrogens with one attached hydrogen (secondary N) is 3. The molecule has 0 bridgehead atoms. The quantitative estimate of drug-likeness (QED) is 0.296. The molecule has 7 nitrogen and oxygen atoms in total. The van der Waals surface area contributed by atoms with Gasteiger partial charge >= 0.3 is 6.18 Å². The Morgan fingerprint density at radius 1 is 1.18 bits per heavy atom. The second kappa shape index (κ2) is 12.4. The van der Waals surface area contributed by atoms with Gasteiger partial charge in [-0.2, -0.15) is 13.2 Å². The Labute approximate surface area is 233 Å². The Morgan fingerprint density at radius 2 is 1.98 bits per heavy atom. The van der Waals surface area contributed by atoms with Gasteiger partial charge in [0.2, 0.25) is 0 Å². The van der Waals surface area contributed by atoms with Gasteiger partial charge in [-0.15, -0.1) is 0 Å². The molecule has 4 rings (SSSR count). The normalized spacial score (nSPS) is 17.8. The maximum Gasteiger partial charge on any atom is 0.406 e. The molecular weight excluding hydrogens is 541 g/mol. The predicted molar refractivity (Wildman–Crippen MR) is 153 cm³/mol. The highest BCUT2D eigenvalue weighted by atomic mass is 32.2. The number of ether oxygens (including phenoxy) is 1. The summed E-state index contributed by atoms with van der Waals surface area (Å²) in [6.45, 7) is 2.02. The van der Waals surface area contributed by atoms with E-state index in [1.54, 1.807) is 24.3 Å². The lowest BCUT2D eigenvalue weighted by Gasteiger charge is -2.31. The molecule has 3 N–H and O–H groups in total. The summed E-state index contributed by atoms with van der Waals surface area (Å²) in [5.41, 5.74) is 2.06. The molecule has 2 heterocycles. The molecule has 11 heteroatoms. The van der Waals surface area contributed by atoms with E-state index >= 15 is 0 Å². The van der Waals surface area contributed by atoms with Crippen LogP contribution in [-0.4, -0.2) is 57.7 Å². The van der Waals surface area contributed by atoms with Crippen LogP contribution in [0.2, 0.25) is 0 Å². The second-order valence-corrected chi connectivity index (χ2v) is 12.1. The third-order valence-corrected chi connectivity index (χ3v) is 8.07. The molecule has 0 amide bonds. The lowest BCUT2D eigenvalue weighted by atomic mass is 9.96. The number of halogens is 3. The van der Waals surface area contributed by atoms with Gasteiger partial charge in [-0.25, -0.2) is 8.42 Å². The molecule has 1 aromatic heterocycles. The Morgan fingerprint density at radius 3 is 2.67 bits per heavy atom. The minimum Gasteiger partial charge on any atom is -0.495 e. The van der Waals surface area contributed by atoms with Gasteiger partial charge < -0.3 is 25.3 Å². The van der Waals surface area contributed by atoms with E-state index < -0.39 is 22.6 Å². The second-order valence-electron chi connectivity index (χ2n) is 10.1. The summed E-state index contributed by atoms with van der Waals surface area (Å²) in [7, 11) is -1.98. The molecule has 1 aliphatic heterocycles. The first-order chi connectivity index (χ1) is 19.0. The van der Waals surface area contributed by atoms with Gasteiger partial charge in [0.15, 0.2) is 9.84 Å². The molecule has 0 aliphatic carbocycles. The number of aromatic nitrogens is 1. The molecule has 1 fully saturated rings. The number of methoxy groups -OCH3 is 1. The summed E-state index contributed by atoms with van der Waals surface area (Å²) < 4.78 is 70.8. The fraction of sp³-hybridized carbons (Fsp3) is 0.448. The zero-order chi connectivity index (χ0) is 28.9. The third kappa shape index (κ3) is 7.43. The van der Waals surface area contributed by atoms with Gasteiger partial charge in [0.1, 0.15) is 12.3 Å². The fourth-order valence-corrected chi connectivity index (χ4v) is 5.75. The SMILES string of the molecule is CCCC1C[C@H](Nc2cccc3c2cc(C#CCNc2ccc(S(C)(=O)=O)cc2OC)n3CC(F)(F)F)CCN1. The summed E-state index contributed by atoms with van der Waals surface area (Å²) in [4.78, 5) is 0.118. The minimum atomic E-state index is -4.42. The first-order valence-electron chi connectivity index (χ1n) is 13.3. The molecule has 1 unspecified atom stereocenters. The Bertz CT molecular complexity index is 1500. The largest absolute Gasteiger partial charge is 0.495 e. The monoisotopic (exact) mass is 576 g/mol. The van der Waals surface area contributed by atoms with Crippen LogP contribution < -0.4 is 20.7 Å². The van der Waals surface area contributed by atoms with Crippen LogP contribution in [0.1, 0.15) is 38.3 Å². The molecule has 40 heavy (non-hydrogen) atoms. The molecule has 1 saturated heterocycles. The number of piperidine rings is 1. The van der Waals surface area contributed by atoms with Crippen LogP contribution in [0.25, 0.3) is 10.9 Å². The van der Waals surface area contributed by atoms with E-state index in [9.17, 15) is 21.6 Å². The van der Waals surface area contributed by atoms with Gasteiger partial charge in [-0.05, 0) is 62.1 Å². The Hall–Kier alpha value is -3.36. The number of benzene rings is 2. The van der Waals surface area contributed by atoms with Crippen LogP contribution in [0, 0.1) is 11.8 Å². The number of alkyl halides is 3. The van der Waals surface area contributed by atoms with Crippen LogP contribution in [0.3, 0.4) is 0 Å². The van der Waals surface area contributed by atoms with E-state index in [4.69, 9.17) is 4.74 Å². The number of fused-ring (bicyclic) bond motifs is 1. The van der Waals surface area contributed by atoms with Crippen LogP contribution in [-0.2, 0) is 16.4 Å². The van der Waals surface area contributed by atoms with Crippen molar-refractivity contribution in [2.45, 2.75) is 62.3 Å². The molecule has 1 aliphatic rings. The van der Waals surface area contributed by atoms with E-state index in [0.29, 0.717) is 28.4 Å². The summed E-state index contributed by atoms with van der Waals surface area (Å²) in [5, 5.41) is 10.9. The summed E-state index contributed by atoms with van der Waals surface area (Å²) in [5.74, 6) is 6.13. The van der Waals surface area contributed by atoms with Crippen molar-refractivity contribution in [3.63, 3.8) is 0 Å². The number of nitrogens with zero attached hydrogens (tertiary/aromatic N) is 1. The highest BCUT2D eigenvalue weighted by Crippen LogP contribution is 2.32. The first-order valence-corrected chi connectivity index (χ1v) is 15.2. The van der Waals surface area contributed by atoms with Crippen molar-refractivity contribution in [3.8, 4) is 17.6 Å². The number of hydrogen-bond acceptors (Lipinski definition) is 6. The standard InChI is InChI=1S/C29H35F3N4O3S/c1-4-7-20-16-21(13-15-33-20)35-25-9-5-10-27-24(25)17-22(36(27)19-29(30,31)32)8-6-14-34-26-12-11-23(40(3,37)38)18-28(26)39-2/h5,9-12,17-18,20-21,33-35H,4,7,13-16,19H2,1-3H3/t20?,21-/m1/s1. The van der Waals surface area contributed by atoms with Crippen molar-refractivity contribution in [1.82, 2.24) is 9.88 Å². The number of anilines is 2. The number of sulfone groups is 1. The predicted octanol–water partition coefficient (Wildman–Crippen LogP) is 5.41. The van der Waals surface area contributed by atoms with Crippen LogP contribution >= 0.6 is 0 Å². The van der Waals surface area contributed by atoms with E-state index in [1.807, 2.05) is 6.07 Å². The van der Waals surface area contributed by atoms with Crippen LogP contribution in [0.4, 0.5) is 24.5 Å². The molecule has 0 spiro atoms. The lowest BCUT2D eigenvalue weighted by molar-refractivity contribution is -0.140. The average Bonchev–Trinajstić information content (AvgIpc) is 3.23. The Kier molecular flexibility index (Phi) is 9.21. The number of hydrogen-bond donors (Lipinski definition) is 3.